The van der Waals surface area contributed by atoms with Gasteiger partial charge in [-0.25, -0.2) is 4.99 Å². The van der Waals surface area contributed by atoms with Crippen LogP contribution in [0.3, 0.4) is 0 Å². The predicted octanol–water partition coefficient (Wildman–Crippen LogP) is 3.04. The summed E-state index contributed by atoms with van der Waals surface area (Å²) in [6, 6.07) is 18.6. The van der Waals surface area contributed by atoms with Crippen molar-refractivity contribution in [3.63, 3.8) is 0 Å². The highest BCUT2D eigenvalue weighted by molar-refractivity contribution is 14.0. The molecule has 0 spiro atoms. The molecule has 7 heteroatoms. The summed E-state index contributed by atoms with van der Waals surface area (Å²) in [7, 11) is 3.48. The van der Waals surface area contributed by atoms with Gasteiger partial charge < -0.3 is 20.3 Å². The van der Waals surface area contributed by atoms with Crippen LogP contribution in [0.5, 0.6) is 5.75 Å². The van der Waals surface area contributed by atoms with E-state index in [2.05, 4.69) is 40.7 Å². The zero-order chi connectivity index (χ0) is 20.6. The SMILES string of the molecule is CC(NC(=NCC(=O)N(C)C)NCCc1ccccc1)C1COc2ccccc21.I. The van der Waals surface area contributed by atoms with E-state index in [-0.39, 0.29) is 48.4 Å². The highest BCUT2D eigenvalue weighted by atomic mass is 127. The number of nitrogens with one attached hydrogen (secondary N) is 2. The van der Waals surface area contributed by atoms with Gasteiger partial charge in [0.25, 0.3) is 0 Å². The van der Waals surface area contributed by atoms with Crippen LogP contribution in [0.25, 0.3) is 0 Å². The fraction of sp³-hybridized carbons (Fsp3) is 0.391. The van der Waals surface area contributed by atoms with E-state index in [1.165, 1.54) is 11.1 Å². The van der Waals surface area contributed by atoms with E-state index in [9.17, 15) is 4.79 Å². The molecule has 162 valence electrons. The maximum Gasteiger partial charge on any atom is 0.243 e. The Labute approximate surface area is 196 Å². The largest absolute Gasteiger partial charge is 0.493 e. The maximum atomic E-state index is 12.0. The molecule has 6 nitrogen and oxygen atoms in total. The van der Waals surface area contributed by atoms with Crippen LogP contribution in [0.15, 0.2) is 59.6 Å². The molecule has 0 saturated carbocycles. The molecule has 2 N–H and O–H groups in total. The van der Waals surface area contributed by atoms with Gasteiger partial charge in [0.1, 0.15) is 12.3 Å². The molecule has 0 radical (unpaired) electrons. The zero-order valence-corrected chi connectivity index (χ0v) is 20.1. The number of carbonyl (C=O) groups is 1. The minimum Gasteiger partial charge on any atom is -0.493 e. The van der Waals surface area contributed by atoms with Crippen molar-refractivity contribution in [1.29, 1.82) is 0 Å². The van der Waals surface area contributed by atoms with Crippen molar-refractivity contribution in [2.45, 2.75) is 25.3 Å². The van der Waals surface area contributed by atoms with Crippen LogP contribution >= 0.6 is 24.0 Å². The predicted molar refractivity (Wildman–Crippen MR) is 132 cm³/mol. The number of carbonyl (C=O) groups excluding carboxylic acids is 1. The normalized spacial score (nSPS) is 16.0. The monoisotopic (exact) mass is 522 g/mol. The van der Waals surface area contributed by atoms with Gasteiger partial charge >= 0.3 is 0 Å². The molecule has 0 saturated heterocycles. The van der Waals surface area contributed by atoms with Gasteiger partial charge in [-0.05, 0) is 25.0 Å². The van der Waals surface area contributed by atoms with Crippen molar-refractivity contribution in [2.75, 3.05) is 33.8 Å². The summed E-state index contributed by atoms with van der Waals surface area (Å²) in [6.07, 6.45) is 0.882. The van der Waals surface area contributed by atoms with Gasteiger partial charge in [0, 0.05) is 38.2 Å². The van der Waals surface area contributed by atoms with Gasteiger partial charge in [-0.3, -0.25) is 4.79 Å². The standard InChI is InChI=1S/C23H30N4O2.HI/c1-17(20-16-29-21-12-8-7-11-19(20)21)26-23(25-15-22(28)27(2)3)24-14-13-18-9-5-4-6-10-18;/h4-12,17,20H,13-16H2,1-3H3,(H2,24,25,26);1H. The second-order valence-corrected chi connectivity index (χ2v) is 7.50. The number of amides is 1. The molecule has 0 aliphatic carbocycles. The molecule has 1 aliphatic heterocycles. The second kappa shape index (κ2) is 11.8. The number of benzene rings is 2. The molecule has 30 heavy (non-hydrogen) atoms. The molecule has 1 heterocycles. The van der Waals surface area contributed by atoms with E-state index < -0.39 is 0 Å². The Balaban J connectivity index is 0.00000320. The first-order valence-electron chi connectivity index (χ1n) is 10.0. The number of hydrogen-bond donors (Lipinski definition) is 2. The highest BCUT2D eigenvalue weighted by Gasteiger charge is 2.29. The van der Waals surface area contributed by atoms with Gasteiger partial charge in [0.2, 0.25) is 5.91 Å². The Morgan fingerprint density at radius 2 is 1.87 bits per heavy atom. The molecule has 0 fully saturated rings. The summed E-state index contributed by atoms with van der Waals surface area (Å²) < 4.78 is 5.82. The van der Waals surface area contributed by atoms with Crippen molar-refractivity contribution in [1.82, 2.24) is 15.5 Å². The number of ether oxygens (including phenoxy) is 1. The van der Waals surface area contributed by atoms with Crippen LogP contribution in [0.2, 0.25) is 0 Å². The lowest BCUT2D eigenvalue weighted by Gasteiger charge is -2.23. The lowest BCUT2D eigenvalue weighted by atomic mass is 9.94. The average molecular weight is 522 g/mol. The zero-order valence-electron chi connectivity index (χ0n) is 17.8. The average Bonchev–Trinajstić information content (AvgIpc) is 3.16. The van der Waals surface area contributed by atoms with Gasteiger partial charge in [-0.15, -0.1) is 24.0 Å². The number of para-hydroxylation sites is 1. The van der Waals surface area contributed by atoms with Crippen molar-refractivity contribution < 1.29 is 9.53 Å². The van der Waals surface area contributed by atoms with Crippen LogP contribution in [0.1, 0.15) is 24.0 Å². The minimum absolute atomic E-state index is 0. The Hall–Kier alpha value is -2.29. The van der Waals surface area contributed by atoms with Crippen molar-refractivity contribution in [3.8, 4) is 5.75 Å². The molecule has 2 unspecified atom stereocenters. The highest BCUT2D eigenvalue weighted by Crippen LogP contribution is 2.35. The number of halogens is 1. The van der Waals surface area contributed by atoms with Gasteiger partial charge in [0.05, 0.1) is 6.61 Å². The third-order valence-electron chi connectivity index (χ3n) is 5.12. The van der Waals surface area contributed by atoms with Crippen LogP contribution in [0.4, 0.5) is 0 Å². The molecule has 0 aromatic heterocycles. The van der Waals surface area contributed by atoms with E-state index in [0.717, 1.165) is 18.7 Å². The van der Waals surface area contributed by atoms with E-state index in [0.29, 0.717) is 12.6 Å². The first kappa shape index (κ1) is 24.0. The number of rotatable bonds is 7. The van der Waals surface area contributed by atoms with Crippen LogP contribution < -0.4 is 15.4 Å². The van der Waals surface area contributed by atoms with E-state index in [1.807, 2.05) is 36.4 Å². The summed E-state index contributed by atoms with van der Waals surface area (Å²) in [5, 5.41) is 6.84. The Bertz CT molecular complexity index is 842. The summed E-state index contributed by atoms with van der Waals surface area (Å²) >= 11 is 0. The third kappa shape index (κ3) is 6.62. The van der Waals surface area contributed by atoms with Gasteiger partial charge in [-0.2, -0.15) is 0 Å². The molecule has 2 atom stereocenters. The third-order valence-corrected chi connectivity index (χ3v) is 5.12. The Morgan fingerprint density at radius 1 is 1.17 bits per heavy atom. The fourth-order valence-electron chi connectivity index (χ4n) is 3.33. The van der Waals surface area contributed by atoms with Crippen LogP contribution in [-0.4, -0.2) is 56.6 Å². The lowest BCUT2D eigenvalue weighted by Crippen LogP contribution is -2.46. The van der Waals surface area contributed by atoms with Crippen molar-refractivity contribution in [3.05, 3.63) is 65.7 Å². The quantitative estimate of drug-likeness (QED) is 0.334. The first-order chi connectivity index (χ1) is 14.0. The number of guanidine groups is 1. The summed E-state index contributed by atoms with van der Waals surface area (Å²) in [5.74, 6) is 1.80. The number of likely N-dealkylation sites (N-methyl/N-ethyl adjacent to an activating group) is 1. The molecule has 1 aliphatic rings. The molecule has 2 aromatic carbocycles. The minimum atomic E-state index is -0.0312. The summed E-state index contributed by atoms with van der Waals surface area (Å²) in [4.78, 5) is 18.0. The molecule has 0 bridgehead atoms. The Morgan fingerprint density at radius 3 is 2.60 bits per heavy atom. The smallest absolute Gasteiger partial charge is 0.243 e. The van der Waals surface area contributed by atoms with Crippen LogP contribution in [0, 0.1) is 0 Å². The fourth-order valence-corrected chi connectivity index (χ4v) is 3.33. The molecule has 2 aromatic rings. The number of aliphatic imine (C=N–C) groups is 1. The number of hydrogen-bond acceptors (Lipinski definition) is 3. The topological polar surface area (TPSA) is 66.0 Å². The maximum absolute atomic E-state index is 12.0. The number of nitrogens with zero attached hydrogens (tertiary/aromatic N) is 2. The Kier molecular flexibility index (Phi) is 9.42. The molecule has 1 amide bonds. The summed E-state index contributed by atoms with van der Waals surface area (Å²) in [6.45, 7) is 3.61. The lowest BCUT2D eigenvalue weighted by molar-refractivity contribution is -0.127. The molecular formula is C23H31IN4O2. The van der Waals surface area contributed by atoms with Crippen molar-refractivity contribution in [2.24, 2.45) is 4.99 Å². The number of fused-ring (bicyclic) bond motifs is 1. The molecule has 3 rings (SSSR count). The van der Waals surface area contributed by atoms with Gasteiger partial charge in [-0.1, -0.05) is 48.5 Å². The summed E-state index contributed by atoms with van der Waals surface area (Å²) in [5.41, 5.74) is 2.47. The first-order valence-corrected chi connectivity index (χ1v) is 10.0. The van der Waals surface area contributed by atoms with Gasteiger partial charge in [0.15, 0.2) is 5.96 Å². The van der Waals surface area contributed by atoms with E-state index in [4.69, 9.17) is 4.74 Å². The second-order valence-electron chi connectivity index (χ2n) is 7.50. The van der Waals surface area contributed by atoms with E-state index >= 15 is 0 Å². The van der Waals surface area contributed by atoms with Crippen molar-refractivity contribution >= 4 is 35.8 Å². The molecular weight excluding hydrogens is 491 g/mol. The van der Waals surface area contributed by atoms with Crippen LogP contribution in [-0.2, 0) is 11.2 Å². The van der Waals surface area contributed by atoms with E-state index in [1.54, 1.807) is 19.0 Å².